The predicted molar refractivity (Wildman–Crippen MR) is 129 cm³/mol. The lowest BCUT2D eigenvalue weighted by Gasteiger charge is -2.13. The van der Waals surface area contributed by atoms with Gasteiger partial charge in [-0.1, -0.05) is 0 Å². The van der Waals surface area contributed by atoms with Gasteiger partial charge in [0, 0.05) is 49.1 Å². The molecule has 0 saturated carbocycles. The molecule has 3 N–H and O–H groups in total. The van der Waals surface area contributed by atoms with Crippen molar-refractivity contribution in [3.05, 3.63) is 58.1 Å². The lowest BCUT2D eigenvalue weighted by atomic mass is 10.2. The molecule has 10 heteroatoms. The van der Waals surface area contributed by atoms with Crippen molar-refractivity contribution in [3.8, 4) is 11.5 Å². The molecule has 164 valence electrons. The third kappa shape index (κ3) is 7.93. The molecular formula is C20H28IN5O4. The second kappa shape index (κ2) is 13.5. The Bertz CT molecular complexity index is 830. The molecule has 0 spiro atoms. The van der Waals surface area contributed by atoms with E-state index in [1.165, 1.54) is 12.1 Å². The van der Waals surface area contributed by atoms with Crippen LogP contribution in [0.5, 0.6) is 11.5 Å². The summed E-state index contributed by atoms with van der Waals surface area (Å²) in [4.78, 5) is 14.9. The van der Waals surface area contributed by atoms with E-state index in [0.717, 1.165) is 29.3 Å². The highest BCUT2D eigenvalue weighted by atomic mass is 127. The first-order valence-electron chi connectivity index (χ1n) is 9.28. The minimum atomic E-state index is -0.414. The van der Waals surface area contributed by atoms with Gasteiger partial charge in [0.15, 0.2) is 5.96 Å². The zero-order valence-corrected chi connectivity index (χ0v) is 19.6. The highest BCUT2D eigenvalue weighted by molar-refractivity contribution is 14.0. The number of nitro benzene ring substituents is 1. The fraction of sp³-hybridized carbons (Fsp3) is 0.350. The maximum Gasteiger partial charge on any atom is 0.269 e. The predicted octanol–water partition coefficient (Wildman–Crippen LogP) is 3.40. The average molecular weight is 529 g/mol. The van der Waals surface area contributed by atoms with Crippen LogP contribution in [-0.4, -0.2) is 44.7 Å². The molecule has 0 aromatic heterocycles. The van der Waals surface area contributed by atoms with Crippen molar-refractivity contribution < 1.29 is 14.4 Å². The van der Waals surface area contributed by atoms with Crippen LogP contribution in [-0.2, 0) is 6.54 Å². The molecule has 9 nitrogen and oxygen atoms in total. The number of anilines is 1. The van der Waals surface area contributed by atoms with Gasteiger partial charge < -0.3 is 25.4 Å². The monoisotopic (exact) mass is 529 g/mol. The minimum Gasteiger partial charge on any atom is -0.497 e. The molecule has 2 rings (SSSR count). The summed E-state index contributed by atoms with van der Waals surface area (Å²) in [6, 6.07) is 12.0. The molecule has 0 aliphatic rings. The lowest BCUT2D eigenvalue weighted by Crippen LogP contribution is -2.39. The maximum absolute atomic E-state index is 10.7. The topological polar surface area (TPSA) is 110 Å². The van der Waals surface area contributed by atoms with Gasteiger partial charge in [0.1, 0.15) is 11.5 Å². The largest absolute Gasteiger partial charge is 0.497 e. The van der Waals surface area contributed by atoms with Gasteiger partial charge in [0.05, 0.1) is 25.7 Å². The smallest absolute Gasteiger partial charge is 0.269 e. The van der Waals surface area contributed by atoms with Crippen LogP contribution in [0.1, 0.15) is 12.5 Å². The number of nitro groups is 1. The summed E-state index contributed by atoms with van der Waals surface area (Å²) >= 11 is 0. The molecule has 0 unspecified atom stereocenters. The summed E-state index contributed by atoms with van der Waals surface area (Å²) in [5.41, 5.74) is 1.85. The first kappa shape index (κ1) is 25.3. The zero-order chi connectivity index (χ0) is 21.1. The van der Waals surface area contributed by atoms with Crippen molar-refractivity contribution in [3.63, 3.8) is 0 Å². The number of nitrogens with zero attached hydrogens (tertiary/aromatic N) is 2. The summed E-state index contributed by atoms with van der Waals surface area (Å²) in [7, 11) is 3.24. The van der Waals surface area contributed by atoms with Crippen molar-refractivity contribution >= 4 is 41.3 Å². The van der Waals surface area contributed by atoms with E-state index >= 15 is 0 Å². The van der Waals surface area contributed by atoms with E-state index in [-0.39, 0.29) is 29.7 Å². The van der Waals surface area contributed by atoms with Gasteiger partial charge in [-0.2, -0.15) is 0 Å². The number of methoxy groups -OCH3 is 2. The standard InChI is InChI=1S/C20H27N5O4.HI/c1-4-21-20(24-14-15-5-10-18(28-2)13-19(15)29-3)23-12-11-22-16-6-8-17(9-7-16)25(26)27;/h5-10,13,22H,4,11-12,14H2,1-3H3,(H2,21,23,24);1H. The van der Waals surface area contributed by atoms with E-state index in [2.05, 4.69) is 20.9 Å². The van der Waals surface area contributed by atoms with Gasteiger partial charge in [-0.05, 0) is 31.2 Å². The van der Waals surface area contributed by atoms with E-state index < -0.39 is 4.92 Å². The number of benzene rings is 2. The molecular weight excluding hydrogens is 501 g/mol. The number of guanidine groups is 1. The first-order valence-corrected chi connectivity index (χ1v) is 9.28. The zero-order valence-electron chi connectivity index (χ0n) is 17.3. The normalized spacial score (nSPS) is 10.6. The summed E-state index contributed by atoms with van der Waals surface area (Å²) < 4.78 is 10.6. The van der Waals surface area contributed by atoms with E-state index in [9.17, 15) is 10.1 Å². The first-order chi connectivity index (χ1) is 14.1. The van der Waals surface area contributed by atoms with Crippen LogP contribution < -0.4 is 25.4 Å². The van der Waals surface area contributed by atoms with E-state index in [1.54, 1.807) is 26.4 Å². The van der Waals surface area contributed by atoms with Crippen LogP contribution >= 0.6 is 24.0 Å². The number of hydrogen-bond donors (Lipinski definition) is 3. The number of ether oxygens (including phenoxy) is 2. The van der Waals surface area contributed by atoms with E-state index in [4.69, 9.17) is 9.47 Å². The molecule has 0 amide bonds. The molecule has 30 heavy (non-hydrogen) atoms. The molecule has 2 aromatic carbocycles. The Balaban J connectivity index is 0.00000450. The van der Waals surface area contributed by atoms with Gasteiger partial charge in [-0.3, -0.25) is 10.1 Å². The van der Waals surface area contributed by atoms with Gasteiger partial charge in [-0.15, -0.1) is 24.0 Å². The highest BCUT2D eigenvalue weighted by Gasteiger charge is 2.06. The van der Waals surface area contributed by atoms with Gasteiger partial charge in [0.25, 0.3) is 5.69 Å². The Morgan fingerprint density at radius 2 is 1.80 bits per heavy atom. The molecule has 0 aliphatic heterocycles. The molecule has 2 aromatic rings. The number of aliphatic imine (C=N–C) groups is 1. The second-order valence-electron chi connectivity index (χ2n) is 6.03. The summed E-state index contributed by atoms with van der Waals surface area (Å²) in [6.45, 7) is 4.45. The van der Waals surface area contributed by atoms with Gasteiger partial charge in [-0.25, -0.2) is 4.99 Å². The molecule has 0 bridgehead atoms. The summed E-state index contributed by atoms with van der Waals surface area (Å²) in [5, 5.41) is 20.4. The molecule has 0 fully saturated rings. The van der Waals surface area contributed by atoms with Crippen LogP contribution in [0.25, 0.3) is 0 Å². The second-order valence-corrected chi connectivity index (χ2v) is 6.03. The Morgan fingerprint density at radius 1 is 1.07 bits per heavy atom. The fourth-order valence-corrected chi connectivity index (χ4v) is 2.58. The van der Waals surface area contributed by atoms with Crippen LogP contribution in [0, 0.1) is 10.1 Å². The Kier molecular flexibility index (Phi) is 11.3. The number of hydrogen-bond acceptors (Lipinski definition) is 6. The maximum atomic E-state index is 10.7. The molecule has 0 saturated heterocycles. The Labute approximate surface area is 193 Å². The highest BCUT2D eigenvalue weighted by Crippen LogP contribution is 2.25. The lowest BCUT2D eigenvalue weighted by molar-refractivity contribution is -0.384. The Morgan fingerprint density at radius 3 is 2.40 bits per heavy atom. The SMILES string of the molecule is CCNC(=NCc1ccc(OC)cc1OC)NCCNc1ccc([N+](=O)[O-])cc1.I. The van der Waals surface area contributed by atoms with Gasteiger partial charge in [0.2, 0.25) is 0 Å². The van der Waals surface area contributed by atoms with Crippen LogP contribution in [0.3, 0.4) is 0 Å². The van der Waals surface area contributed by atoms with Crippen molar-refractivity contribution in [2.75, 3.05) is 39.2 Å². The minimum absolute atomic E-state index is 0. The van der Waals surface area contributed by atoms with Crippen LogP contribution in [0.15, 0.2) is 47.5 Å². The van der Waals surface area contributed by atoms with Crippen LogP contribution in [0.2, 0.25) is 0 Å². The number of rotatable bonds is 10. The van der Waals surface area contributed by atoms with E-state index in [1.807, 2.05) is 25.1 Å². The van der Waals surface area contributed by atoms with Crippen molar-refractivity contribution in [1.82, 2.24) is 10.6 Å². The van der Waals surface area contributed by atoms with Crippen molar-refractivity contribution in [2.45, 2.75) is 13.5 Å². The van der Waals surface area contributed by atoms with Crippen molar-refractivity contribution in [2.24, 2.45) is 4.99 Å². The quantitative estimate of drug-likeness (QED) is 0.108. The number of non-ortho nitro benzene ring substituents is 1. The fourth-order valence-electron chi connectivity index (χ4n) is 2.58. The summed E-state index contributed by atoms with van der Waals surface area (Å²) in [6.07, 6.45) is 0. The Hall–Kier alpha value is -2.76. The molecule has 0 aliphatic carbocycles. The average Bonchev–Trinajstić information content (AvgIpc) is 2.75. The number of halogens is 1. The summed E-state index contributed by atoms with van der Waals surface area (Å²) in [5.74, 6) is 2.15. The third-order valence-electron chi connectivity index (χ3n) is 4.07. The van der Waals surface area contributed by atoms with Gasteiger partial charge >= 0.3 is 0 Å². The third-order valence-corrected chi connectivity index (χ3v) is 4.07. The molecule has 0 radical (unpaired) electrons. The van der Waals surface area contributed by atoms with Crippen LogP contribution in [0.4, 0.5) is 11.4 Å². The van der Waals surface area contributed by atoms with E-state index in [0.29, 0.717) is 25.6 Å². The van der Waals surface area contributed by atoms with Crippen molar-refractivity contribution in [1.29, 1.82) is 0 Å². The molecule has 0 atom stereocenters. The molecule has 0 heterocycles. The number of nitrogens with one attached hydrogen (secondary N) is 3.